The SMILES string of the molecule is Cc1cccc(Nc2ncnc3ccc(N4CC5(CCN(C)CC5)OC4=O)cc23)c1C. The van der Waals surface area contributed by atoms with Gasteiger partial charge in [0.15, 0.2) is 0 Å². The third kappa shape index (κ3) is 3.59. The van der Waals surface area contributed by atoms with Crippen molar-refractivity contribution >= 4 is 34.2 Å². The average Bonchev–Trinajstić information content (AvgIpc) is 3.09. The summed E-state index contributed by atoms with van der Waals surface area (Å²) in [7, 11) is 2.11. The Hall–Kier alpha value is -3.19. The molecule has 0 aliphatic carbocycles. The second kappa shape index (κ2) is 7.50. The highest BCUT2D eigenvalue weighted by Crippen LogP contribution is 2.37. The number of carbonyl (C=O) groups is 1. The summed E-state index contributed by atoms with van der Waals surface area (Å²) in [4.78, 5) is 25.7. The van der Waals surface area contributed by atoms with Gasteiger partial charge < -0.3 is 15.0 Å². The van der Waals surface area contributed by atoms with Crippen molar-refractivity contribution in [2.75, 3.05) is 36.9 Å². The number of carbonyl (C=O) groups excluding carboxylic acids is 1. The van der Waals surface area contributed by atoms with E-state index in [0.717, 1.165) is 54.0 Å². The zero-order valence-electron chi connectivity index (χ0n) is 18.2. The third-order valence-corrected chi connectivity index (χ3v) is 6.66. The summed E-state index contributed by atoms with van der Waals surface area (Å²) in [5.41, 5.74) is 4.66. The molecule has 5 rings (SSSR count). The van der Waals surface area contributed by atoms with E-state index in [4.69, 9.17) is 4.74 Å². The lowest BCUT2D eigenvalue weighted by molar-refractivity contribution is 0.00678. The number of aromatic nitrogens is 2. The molecule has 0 atom stereocenters. The molecule has 1 spiro atoms. The predicted octanol–water partition coefficient (Wildman–Crippen LogP) is 4.41. The molecule has 2 fully saturated rings. The van der Waals surface area contributed by atoms with Crippen LogP contribution in [0.25, 0.3) is 10.9 Å². The van der Waals surface area contributed by atoms with Crippen molar-refractivity contribution in [3.63, 3.8) is 0 Å². The van der Waals surface area contributed by atoms with Crippen molar-refractivity contribution in [3.8, 4) is 0 Å². The fourth-order valence-electron chi connectivity index (χ4n) is 4.43. The van der Waals surface area contributed by atoms with Gasteiger partial charge in [-0.05, 0) is 56.3 Å². The fourth-order valence-corrected chi connectivity index (χ4v) is 4.43. The first-order chi connectivity index (χ1) is 14.9. The highest BCUT2D eigenvalue weighted by molar-refractivity contribution is 5.97. The van der Waals surface area contributed by atoms with Crippen molar-refractivity contribution in [1.29, 1.82) is 0 Å². The highest BCUT2D eigenvalue weighted by Gasteiger charge is 2.47. The number of hydrogen-bond acceptors (Lipinski definition) is 6. The van der Waals surface area contributed by atoms with E-state index in [1.165, 1.54) is 11.1 Å². The van der Waals surface area contributed by atoms with E-state index in [9.17, 15) is 4.79 Å². The molecule has 1 amide bonds. The molecule has 2 saturated heterocycles. The Morgan fingerprint density at radius 1 is 1.10 bits per heavy atom. The van der Waals surface area contributed by atoms with Crippen LogP contribution >= 0.6 is 0 Å². The summed E-state index contributed by atoms with van der Waals surface area (Å²) in [5.74, 6) is 0.724. The number of fused-ring (bicyclic) bond motifs is 1. The molecule has 1 aromatic heterocycles. The van der Waals surface area contributed by atoms with Gasteiger partial charge in [-0.2, -0.15) is 0 Å². The zero-order chi connectivity index (χ0) is 21.6. The number of benzene rings is 2. The van der Waals surface area contributed by atoms with Gasteiger partial charge in [-0.15, -0.1) is 0 Å². The Balaban J connectivity index is 1.48. The number of anilines is 3. The number of piperidine rings is 1. The second-order valence-corrected chi connectivity index (χ2v) is 8.74. The molecule has 3 aromatic rings. The predicted molar refractivity (Wildman–Crippen MR) is 122 cm³/mol. The minimum Gasteiger partial charge on any atom is -0.441 e. The second-order valence-electron chi connectivity index (χ2n) is 8.74. The number of hydrogen-bond donors (Lipinski definition) is 1. The first-order valence-electron chi connectivity index (χ1n) is 10.7. The van der Waals surface area contributed by atoms with E-state index >= 15 is 0 Å². The van der Waals surface area contributed by atoms with Gasteiger partial charge in [-0.25, -0.2) is 14.8 Å². The molecule has 0 unspecified atom stereocenters. The van der Waals surface area contributed by atoms with Crippen LogP contribution in [0.2, 0.25) is 0 Å². The van der Waals surface area contributed by atoms with Crippen molar-refractivity contribution in [2.24, 2.45) is 0 Å². The van der Waals surface area contributed by atoms with Gasteiger partial charge in [0, 0.05) is 42.7 Å². The number of amides is 1. The minimum absolute atomic E-state index is 0.273. The van der Waals surface area contributed by atoms with Crippen LogP contribution in [-0.4, -0.2) is 53.2 Å². The maximum atomic E-state index is 12.8. The normalized spacial score (nSPS) is 18.5. The number of likely N-dealkylation sites (tertiary alicyclic amines) is 1. The van der Waals surface area contributed by atoms with Crippen LogP contribution in [0.5, 0.6) is 0 Å². The van der Waals surface area contributed by atoms with Crippen LogP contribution in [0.3, 0.4) is 0 Å². The van der Waals surface area contributed by atoms with E-state index in [1.807, 2.05) is 30.3 Å². The Labute approximate surface area is 182 Å². The lowest BCUT2D eigenvalue weighted by Gasteiger charge is -2.35. The molecule has 2 aromatic carbocycles. The van der Waals surface area contributed by atoms with E-state index in [-0.39, 0.29) is 11.7 Å². The Kier molecular flexibility index (Phi) is 4.78. The van der Waals surface area contributed by atoms with Gasteiger partial charge in [0.25, 0.3) is 0 Å². The lowest BCUT2D eigenvalue weighted by atomic mass is 9.91. The van der Waals surface area contributed by atoms with Crippen molar-refractivity contribution in [1.82, 2.24) is 14.9 Å². The number of nitrogens with one attached hydrogen (secondary N) is 1. The Morgan fingerprint density at radius 3 is 2.71 bits per heavy atom. The van der Waals surface area contributed by atoms with Crippen LogP contribution in [-0.2, 0) is 4.74 Å². The van der Waals surface area contributed by atoms with Crippen molar-refractivity contribution < 1.29 is 9.53 Å². The number of aryl methyl sites for hydroxylation is 1. The molecule has 3 heterocycles. The van der Waals surface area contributed by atoms with Gasteiger partial charge in [0.05, 0.1) is 12.1 Å². The third-order valence-electron chi connectivity index (χ3n) is 6.66. The Bertz CT molecular complexity index is 1150. The minimum atomic E-state index is -0.383. The topological polar surface area (TPSA) is 70.6 Å². The number of rotatable bonds is 3. The molecule has 1 N–H and O–H groups in total. The lowest BCUT2D eigenvalue weighted by Crippen LogP contribution is -2.45. The molecule has 31 heavy (non-hydrogen) atoms. The fraction of sp³-hybridized carbons (Fsp3) is 0.375. The smallest absolute Gasteiger partial charge is 0.415 e. The maximum absolute atomic E-state index is 12.8. The van der Waals surface area contributed by atoms with E-state index < -0.39 is 0 Å². The Morgan fingerprint density at radius 2 is 1.90 bits per heavy atom. The van der Waals surface area contributed by atoms with Crippen LogP contribution < -0.4 is 10.2 Å². The molecule has 2 aliphatic rings. The summed E-state index contributed by atoms with van der Waals surface area (Å²) in [6.07, 6.45) is 3.02. The van der Waals surface area contributed by atoms with Crippen LogP contribution in [0.1, 0.15) is 24.0 Å². The van der Waals surface area contributed by atoms with E-state index in [0.29, 0.717) is 6.54 Å². The molecule has 0 saturated carbocycles. The molecule has 160 valence electrons. The van der Waals surface area contributed by atoms with Crippen molar-refractivity contribution in [2.45, 2.75) is 32.3 Å². The summed E-state index contributed by atoms with van der Waals surface area (Å²) >= 11 is 0. The molecular weight excluding hydrogens is 390 g/mol. The molecular formula is C24H27N5O2. The summed E-state index contributed by atoms with van der Waals surface area (Å²) < 4.78 is 5.89. The van der Waals surface area contributed by atoms with Gasteiger partial charge in [-0.3, -0.25) is 4.90 Å². The first-order valence-corrected chi connectivity index (χ1v) is 10.7. The monoisotopic (exact) mass is 417 g/mol. The number of nitrogens with zero attached hydrogens (tertiary/aromatic N) is 4. The van der Waals surface area contributed by atoms with Gasteiger partial charge in [-0.1, -0.05) is 12.1 Å². The average molecular weight is 418 g/mol. The maximum Gasteiger partial charge on any atom is 0.415 e. The summed E-state index contributed by atoms with van der Waals surface area (Å²) in [6, 6.07) is 12.0. The van der Waals surface area contributed by atoms with Gasteiger partial charge in [0.2, 0.25) is 0 Å². The summed E-state index contributed by atoms with van der Waals surface area (Å²) in [5, 5.41) is 4.33. The van der Waals surface area contributed by atoms with Crippen LogP contribution in [0.4, 0.5) is 22.0 Å². The standard InChI is InChI=1S/C24H27N5O2/c1-16-5-4-6-20(17(16)2)27-22-19-13-18(7-8-21(19)25-15-26-22)29-14-24(31-23(29)30)9-11-28(3)12-10-24/h4-8,13,15H,9-12,14H2,1-3H3,(H,25,26,27). The van der Waals surface area contributed by atoms with Gasteiger partial charge in [0.1, 0.15) is 17.7 Å². The highest BCUT2D eigenvalue weighted by atomic mass is 16.6. The van der Waals surface area contributed by atoms with Crippen LogP contribution in [0.15, 0.2) is 42.7 Å². The van der Waals surface area contributed by atoms with Crippen LogP contribution in [0, 0.1) is 13.8 Å². The van der Waals surface area contributed by atoms with E-state index in [2.05, 4.69) is 47.1 Å². The molecule has 0 bridgehead atoms. The first kappa shape index (κ1) is 19.8. The summed E-state index contributed by atoms with van der Waals surface area (Å²) in [6.45, 7) is 6.65. The van der Waals surface area contributed by atoms with Gasteiger partial charge >= 0.3 is 6.09 Å². The largest absolute Gasteiger partial charge is 0.441 e. The molecule has 2 aliphatic heterocycles. The molecule has 7 nitrogen and oxygen atoms in total. The van der Waals surface area contributed by atoms with E-state index in [1.54, 1.807) is 11.2 Å². The molecule has 0 radical (unpaired) electrons. The number of ether oxygens (including phenoxy) is 1. The zero-order valence-corrected chi connectivity index (χ0v) is 18.2. The van der Waals surface area contributed by atoms with Crippen molar-refractivity contribution in [3.05, 3.63) is 53.9 Å². The quantitative estimate of drug-likeness (QED) is 0.681. The molecule has 7 heteroatoms.